The second-order valence-corrected chi connectivity index (χ2v) is 29.4. The Bertz CT molecular complexity index is 3390. The van der Waals surface area contributed by atoms with Crippen LogP contribution in [0.3, 0.4) is 0 Å². The predicted molar refractivity (Wildman–Crippen MR) is 328 cm³/mol. The monoisotopic (exact) mass is 1000 g/mol. The summed E-state index contributed by atoms with van der Waals surface area (Å²) in [5.74, 6) is 0. The number of benzene rings is 9. The molecule has 7 heteroatoms. The smallest absolute Gasteiger partial charge is 0.247 e. The van der Waals surface area contributed by atoms with E-state index in [1.807, 2.05) is 0 Å². The molecular formula is C65H61B2NP2S2. The molecule has 9 aromatic rings. The lowest BCUT2D eigenvalue weighted by molar-refractivity contribution is 1.19. The molecule has 0 N–H and O–H groups in total. The van der Waals surface area contributed by atoms with Gasteiger partial charge in [-0.15, -0.1) is 0 Å². The molecule has 2 aliphatic heterocycles. The zero-order chi connectivity index (χ0) is 50.5. The van der Waals surface area contributed by atoms with Gasteiger partial charge in [-0.1, -0.05) is 220 Å². The first-order chi connectivity index (χ1) is 34.6. The molecule has 1 nitrogen and oxygen atoms in total. The van der Waals surface area contributed by atoms with E-state index in [4.69, 9.17) is 23.6 Å². The summed E-state index contributed by atoms with van der Waals surface area (Å²) in [6.07, 6.45) is 0. The third kappa shape index (κ3) is 7.24. The van der Waals surface area contributed by atoms with Gasteiger partial charge in [0.1, 0.15) is 0 Å². The van der Waals surface area contributed by atoms with Gasteiger partial charge in [0.05, 0.1) is 0 Å². The first-order valence-corrected chi connectivity index (χ1v) is 31.0. The van der Waals surface area contributed by atoms with Crippen LogP contribution in [0.2, 0.25) is 0 Å². The Labute approximate surface area is 440 Å². The van der Waals surface area contributed by atoms with E-state index in [0.717, 1.165) is 0 Å². The lowest BCUT2D eigenvalue weighted by atomic mass is 9.29. The molecule has 0 aliphatic carbocycles. The maximum absolute atomic E-state index is 7.17. The zero-order valence-electron chi connectivity index (χ0n) is 43.5. The molecule has 0 unspecified atom stereocenters. The number of hydrogen-bond acceptors (Lipinski definition) is 3. The molecule has 2 aliphatic rings. The molecule has 0 fully saturated rings. The van der Waals surface area contributed by atoms with Crippen molar-refractivity contribution >= 4 is 131 Å². The lowest BCUT2D eigenvalue weighted by Gasteiger charge is -2.45. The minimum absolute atomic E-state index is 0.0506. The number of anilines is 3. The maximum atomic E-state index is 7.17. The number of fused-ring (bicyclic) bond motifs is 4. The summed E-state index contributed by atoms with van der Waals surface area (Å²) in [4.78, 5) is 2.65. The van der Waals surface area contributed by atoms with E-state index in [1.165, 1.54) is 143 Å². The van der Waals surface area contributed by atoms with Crippen molar-refractivity contribution in [3.63, 3.8) is 0 Å². The Morgan fingerprint density at radius 1 is 0.306 bits per heavy atom. The number of aryl methyl sites for hydroxylation is 1. The fourth-order valence-electron chi connectivity index (χ4n) is 12.6. The molecule has 354 valence electrons. The number of rotatable bonds is 8. The topological polar surface area (TPSA) is 3.24 Å². The fourth-order valence-corrected chi connectivity index (χ4v) is 20.1. The molecule has 0 saturated carbocycles. The molecule has 0 saturated heterocycles. The fraction of sp³-hybridized carbons (Fsp3) is 0.169. The normalized spacial score (nSPS) is 13.0. The molecular weight excluding hydrogens is 942 g/mol. The van der Waals surface area contributed by atoms with Crippen LogP contribution >= 0.6 is 12.1 Å². The number of nitrogens with zero attached hydrogens (tertiary/aromatic N) is 1. The summed E-state index contributed by atoms with van der Waals surface area (Å²) >= 11 is 14.3. The lowest BCUT2D eigenvalue weighted by Crippen LogP contribution is -2.66. The van der Waals surface area contributed by atoms with Gasteiger partial charge in [0, 0.05) is 29.1 Å². The summed E-state index contributed by atoms with van der Waals surface area (Å²) in [6.45, 7) is 25.6. The van der Waals surface area contributed by atoms with Gasteiger partial charge < -0.3 is 4.90 Å². The Morgan fingerprint density at radius 2 is 0.583 bits per heavy atom. The highest BCUT2D eigenvalue weighted by Crippen LogP contribution is 2.47. The van der Waals surface area contributed by atoms with Gasteiger partial charge in [0.25, 0.3) is 0 Å². The molecule has 2 heterocycles. The van der Waals surface area contributed by atoms with Gasteiger partial charge in [0.2, 0.25) is 13.4 Å². The zero-order valence-corrected chi connectivity index (χ0v) is 46.9. The third-order valence-corrected chi connectivity index (χ3v) is 27.1. The average Bonchev–Trinajstić information content (AvgIpc) is 3.42. The van der Waals surface area contributed by atoms with Crippen molar-refractivity contribution < 1.29 is 0 Å². The molecule has 0 aromatic heterocycles. The summed E-state index contributed by atoms with van der Waals surface area (Å²) in [6, 6.07) is 58.3. The first kappa shape index (κ1) is 48.5. The molecule has 9 aromatic carbocycles. The number of hydrogen-bond donors (Lipinski definition) is 0. The van der Waals surface area contributed by atoms with E-state index in [9.17, 15) is 0 Å². The van der Waals surface area contributed by atoms with Gasteiger partial charge in [-0.05, 0) is 175 Å². The molecule has 0 bridgehead atoms. The summed E-state index contributed by atoms with van der Waals surface area (Å²) in [5, 5.41) is 7.22. The Balaban J connectivity index is 1.29. The summed E-state index contributed by atoms with van der Waals surface area (Å²) in [7, 11) is 0. The summed E-state index contributed by atoms with van der Waals surface area (Å²) < 4.78 is 0. The molecule has 72 heavy (non-hydrogen) atoms. The second-order valence-electron chi connectivity index (χ2n) is 20.6. The van der Waals surface area contributed by atoms with Crippen LogP contribution in [0, 0.1) is 76.2 Å². The molecule has 0 atom stereocenters. The SMILES string of the molecule is Cc1cc2c3c(c1)B(c1c(C)c(C)c(C)c(C)c1C)c1cc(P(=S)(c4ccccc4)c4ccccc4)ccc1N3c1ccc(P(=S)(c3ccccc3)c3ccccc3)cc1B2c1c(C)c(C)c(C)c(C)c1C. The van der Waals surface area contributed by atoms with Crippen LogP contribution < -0.4 is 69.5 Å². The van der Waals surface area contributed by atoms with Crippen molar-refractivity contribution in [2.45, 2.75) is 76.2 Å². The van der Waals surface area contributed by atoms with E-state index in [1.54, 1.807) is 0 Å². The van der Waals surface area contributed by atoms with E-state index in [0.29, 0.717) is 0 Å². The van der Waals surface area contributed by atoms with Gasteiger partial charge in [-0.3, -0.25) is 0 Å². The third-order valence-electron chi connectivity index (χ3n) is 17.2. The van der Waals surface area contributed by atoms with Crippen LogP contribution in [0.25, 0.3) is 0 Å². The van der Waals surface area contributed by atoms with Gasteiger partial charge in [0.15, 0.2) is 0 Å². The highest BCUT2D eigenvalue weighted by atomic mass is 32.4. The van der Waals surface area contributed by atoms with E-state index >= 15 is 0 Å². The van der Waals surface area contributed by atoms with Crippen LogP contribution in [-0.2, 0) is 23.6 Å². The minimum Gasteiger partial charge on any atom is -0.313 e. The first-order valence-electron chi connectivity index (χ1n) is 25.4. The van der Waals surface area contributed by atoms with E-state index < -0.39 is 12.1 Å². The van der Waals surface area contributed by atoms with E-state index in [-0.39, 0.29) is 13.4 Å². The predicted octanol–water partition coefficient (Wildman–Crippen LogP) is 9.72. The Morgan fingerprint density at radius 3 is 0.875 bits per heavy atom. The van der Waals surface area contributed by atoms with Gasteiger partial charge in [-0.2, -0.15) is 0 Å². The van der Waals surface area contributed by atoms with Crippen molar-refractivity contribution in [2.24, 2.45) is 0 Å². The minimum atomic E-state index is -2.53. The average molecular weight is 1000 g/mol. The standard InChI is InChI=1S/C65H61B2NP2S2/c1-40-36-59-65-60(37-40)67(64-49(10)45(6)42(3)46(7)50(64)11)58-39-56(70(72,53-28-20-14-21-29-53)54-30-22-15-23-31-54)33-35-62(58)68(65)61-34-32-55(69(71,51-24-16-12-17-25-51)52-26-18-13-19-27-52)38-57(61)66(59)63-47(8)43(4)41(2)44(5)48(63)9/h12-39H,1-11H3. The van der Waals surface area contributed by atoms with Crippen molar-refractivity contribution in [3.8, 4) is 0 Å². The van der Waals surface area contributed by atoms with Crippen LogP contribution in [0.5, 0.6) is 0 Å². The van der Waals surface area contributed by atoms with Crippen molar-refractivity contribution in [1.82, 2.24) is 0 Å². The molecule has 0 radical (unpaired) electrons. The molecule has 0 amide bonds. The quantitative estimate of drug-likeness (QED) is 0.110. The van der Waals surface area contributed by atoms with Crippen molar-refractivity contribution in [3.05, 3.63) is 231 Å². The van der Waals surface area contributed by atoms with Gasteiger partial charge in [-0.25, -0.2) is 0 Å². The molecule has 0 spiro atoms. The maximum Gasteiger partial charge on any atom is 0.247 e. The highest BCUT2D eigenvalue weighted by Gasteiger charge is 2.46. The Hall–Kier alpha value is -5.79. The van der Waals surface area contributed by atoms with Crippen LogP contribution in [0.4, 0.5) is 17.1 Å². The second kappa shape index (κ2) is 18.3. The van der Waals surface area contributed by atoms with Gasteiger partial charge >= 0.3 is 0 Å². The van der Waals surface area contributed by atoms with Crippen LogP contribution in [0.1, 0.15) is 61.2 Å². The summed E-state index contributed by atoms with van der Waals surface area (Å²) in [5.41, 5.74) is 26.8. The highest BCUT2D eigenvalue weighted by molar-refractivity contribution is 8.26. The van der Waals surface area contributed by atoms with Crippen LogP contribution in [0.15, 0.2) is 170 Å². The Kier molecular flexibility index (Phi) is 12.3. The largest absolute Gasteiger partial charge is 0.313 e. The van der Waals surface area contributed by atoms with Crippen LogP contribution in [-0.4, -0.2) is 13.4 Å². The van der Waals surface area contributed by atoms with Crippen molar-refractivity contribution in [2.75, 3.05) is 4.90 Å². The van der Waals surface area contributed by atoms with Crippen molar-refractivity contribution in [1.29, 1.82) is 0 Å². The molecule has 11 rings (SSSR count). The van der Waals surface area contributed by atoms with E-state index in [2.05, 4.69) is 251 Å².